The minimum absolute atomic E-state index is 0.0994. The summed E-state index contributed by atoms with van der Waals surface area (Å²) >= 11 is 0. The summed E-state index contributed by atoms with van der Waals surface area (Å²) in [6.07, 6.45) is 2.01. The molecule has 0 saturated heterocycles. The van der Waals surface area contributed by atoms with Crippen LogP contribution in [0.4, 0.5) is 0 Å². The molecule has 2 N–H and O–H groups in total. The zero-order valence-corrected chi connectivity index (χ0v) is 9.18. The molecule has 0 aliphatic rings. The van der Waals surface area contributed by atoms with E-state index in [4.69, 9.17) is 0 Å². The fraction of sp³-hybridized carbons (Fsp3) is 0.900. The molecule has 0 bridgehead atoms. The average Bonchev–Trinajstić information content (AvgIpc) is 2.10. The Hall–Kier alpha value is -0.570. The molecule has 0 saturated carbocycles. The van der Waals surface area contributed by atoms with Crippen LogP contribution >= 0.6 is 0 Å². The highest BCUT2D eigenvalue weighted by Crippen LogP contribution is 1.94. The summed E-state index contributed by atoms with van der Waals surface area (Å²) in [7, 11) is 0. The van der Waals surface area contributed by atoms with Gasteiger partial charge in [-0.05, 0) is 12.8 Å². The molecule has 0 radical (unpaired) electrons. The van der Waals surface area contributed by atoms with E-state index in [0.29, 0.717) is 18.6 Å². The van der Waals surface area contributed by atoms with Crippen LogP contribution < -0.4 is 10.6 Å². The largest absolute Gasteiger partial charge is 0.352 e. The molecule has 78 valence electrons. The summed E-state index contributed by atoms with van der Waals surface area (Å²) in [5.41, 5.74) is 0. The van der Waals surface area contributed by atoms with E-state index < -0.39 is 0 Å². The third-order valence-electron chi connectivity index (χ3n) is 2.02. The third kappa shape index (κ3) is 6.58. The van der Waals surface area contributed by atoms with E-state index in [1.807, 2.05) is 13.8 Å². The maximum atomic E-state index is 11.3. The van der Waals surface area contributed by atoms with Crippen LogP contribution in [-0.4, -0.2) is 24.5 Å². The number of carbonyl (C=O) groups excluding carboxylic acids is 1. The summed E-state index contributed by atoms with van der Waals surface area (Å²) in [6, 6.07) is 0.703. The van der Waals surface area contributed by atoms with Gasteiger partial charge in [-0.1, -0.05) is 27.7 Å². The fourth-order valence-electron chi connectivity index (χ4n) is 1.07. The van der Waals surface area contributed by atoms with Crippen LogP contribution in [0.1, 0.15) is 40.5 Å². The molecule has 13 heavy (non-hydrogen) atoms. The van der Waals surface area contributed by atoms with E-state index in [9.17, 15) is 4.79 Å². The predicted molar refractivity (Wildman–Crippen MR) is 55.7 cm³/mol. The van der Waals surface area contributed by atoms with Crippen molar-refractivity contribution in [3.63, 3.8) is 0 Å². The van der Waals surface area contributed by atoms with Crippen LogP contribution in [0, 0.1) is 0 Å². The Morgan fingerprint density at radius 2 is 1.77 bits per heavy atom. The van der Waals surface area contributed by atoms with E-state index in [2.05, 4.69) is 24.5 Å². The maximum absolute atomic E-state index is 11.3. The van der Waals surface area contributed by atoms with Crippen molar-refractivity contribution in [1.29, 1.82) is 0 Å². The Morgan fingerprint density at radius 3 is 2.15 bits per heavy atom. The van der Waals surface area contributed by atoms with Gasteiger partial charge < -0.3 is 10.6 Å². The van der Waals surface area contributed by atoms with E-state index in [1.165, 1.54) is 0 Å². The molecule has 1 amide bonds. The predicted octanol–water partition coefficient (Wildman–Crippen LogP) is 1.29. The minimum Gasteiger partial charge on any atom is -0.352 e. The number of nitrogens with one attached hydrogen (secondary N) is 2. The molecule has 0 atom stereocenters. The summed E-state index contributed by atoms with van der Waals surface area (Å²) in [6.45, 7) is 8.66. The second-order valence-corrected chi connectivity index (χ2v) is 3.62. The number of amides is 1. The van der Waals surface area contributed by atoms with E-state index in [1.54, 1.807) is 0 Å². The van der Waals surface area contributed by atoms with E-state index >= 15 is 0 Å². The van der Waals surface area contributed by atoms with Crippen molar-refractivity contribution in [2.24, 2.45) is 0 Å². The van der Waals surface area contributed by atoms with Gasteiger partial charge in [-0.25, -0.2) is 0 Å². The topological polar surface area (TPSA) is 41.1 Å². The fourth-order valence-corrected chi connectivity index (χ4v) is 1.07. The van der Waals surface area contributed by atoms with Gasteiger partial charge in [-0.3, -0.25) is 4.79 Å². The third-order valence-corrected chi connectivity index (χ3v) is 2.02. The molecular formula is C10H22N2O. The molecule has 0 aromatic carbocycles. The van der Waals surface area contributed by atoms with Gasteiger partial charge >= 0.3 is 0 Å². The SMILES string of the molecule is CCC(CC)NC(=O)CNC(C)C. The Morgan fingerprint density at radius 1 is 1.23 bits per heavy atom. The molecule has 0 heterocycles. The van der Waals surface area contributed by atoms with Gasteiger partial charge in [0.15, 0.2) is 0 Å². The first-order chi connectivity index (χ1) is 6.10. The van der Waals surface area contributed by atoms with Crippen LogP contribution in [0.5, 0.6) is 0 Å². The second kappa shape index (κ2) is 6.89. The van der Waals surface area contributed by atoms with Crippen LogP contribution in [0.25, 0.3) is 0 Å². The van der Waals surface area contributed by atoms with Crippen LogP contribution in [0.15, 0.2) is 0 Å². The van der Waals surface area contributed by atoms with Crippen molar-refractivity contribution in [3.05, 3.63) is 0 Å². The zero-order valence-electron chi connectivity index (χ0n) is 9.18. The van der Waals surface area contributed by atoms with Crippen molar-refractivity contribution in [1.82, 2.24) is 10.6 Å². The lowest BCUT2D eigenvalue weighted by Crippen LogP contribution is -2.41. The zero-order chi connectivity index (χ0) is 10.3. The highest BCUT2D eigenvalue weighted by Gasteiger charge is 2.07. The summed E-state index contributed by atoms with van der Waals surface area (Å²) < 4.78 is 0. The Kier molecular flexibility index (Phi) is 6.59. The van der Waals surface area contributed by atoms with Gasteiger partial charge in [0.25, 0.3) is 0 Å². The van der Waals surface area contributed by atoms with Gasteiger partial charge in [0, 0.05) is 12.1 Å². The number of rotatable bonds is 6. The molecule has 0 aliphatic carbocycles. The molecule has 0 rings (SSSR count). The average molecular weight is 186 g/mol. The molecule has 3 heteroatoms. The number of hydrogen-bond donors (Lipinski definition) is 2. The van der Waals surface area contributed by atoms with Crippen molar-refractivity contribution < 1.29 is 4.79 Å². The summed E-state index contributed by atoms with van der Waals surface area (Å²) in [5, 5.41) is 6.06. The van der Waals surface area contributed by atoms with E-state index in [-0.39, 0.29) is 5.91 Å². The maximum Gasteiger partial charge on any atom is 0.234 e. The molecular weight excluding hydrogens is 164 g/mol. The monoisotopic (exact) mass is 186 g/mol. The summed E-state index contributed by atoms with van der Waals surface area (Å²) in [5.74, 6) is 0.0994. The lowest BCUT2D eigenvalue weighted by Gasteiger charge is -2.15. The number of carbonyl (C=O) groups is 1. The quantitative estimate of drug-likeness (QED) is 0.656. The lowest BCUT2D eigenvalue weighted by atomic mass is 10.2. The van der Waals surface area contributed by atoms with Gasteiger partial charge in [-0.2, -0.15) is 0 Å². The highest BCUT2D eigenvalue weighted by atomic mass is 16.1. The summed E-state index contributed by atoms with van der Waals surface area (Å²) in [4.78, 5) is 11.3. The molecule has 0 aromatic rings. The smallest absolute Gasteiger partial charge is 0.234 e. The van der Waals surface area contributed by atoms with E-state index in [0.717, 1.165) is 12.8 Å². The first-order valence-corrected chi connectivity index (χ1v) is 5.12. The highest BCUT2D eigenvalue weighted by molar-refractivity contribution is 5.78. The Balaban J connectivity index is 3.60. The van der Waals surface area contributed by atoms with Crippen molar-refractivity contribution in [3.8, 4) is 0 Å². The first kappa shape index (κ1) is 12.4. The van der Waals surface area contributed by atoms with Crippen LogP contribution in [0.2, 0.25) is 0 Å². The second-order valence-electron chi connectivity index (χ2n) is 3.62. The van der Waals surface area contributed by atoms with Crippen LogP contribution in [0.3, 0.4) is 0 Å². The van der Waals surface area contributed by atoms with Crippen molar-refractivity contribution >= 4 is 5.91 Å². The van der Waals surface area contributed by atoms with Crippen LogP contribution in [-0.2, 0) is 4.79 Å². The molecule has 0 aliphatic heterocycles. The minimum atomic E-state index is 0.0994. The lowest BCUT2D eigenvalue weighted by molar-refractivity contribution is -0.121. The molecule has 0 unspecified atom stereocenters. The van der Waals surface area contributed by atoms with Gasteiger partial charge in [0.1, 0.15) is 0 Å². The Bertz CT molecular complexity index is 142. The standard InChI is InChI=1S/C10H22N2O/c1-5-9(6-2)12-10(13)7-11-8(3)4/h8-9,11H,5-7H2,1-4H3,(H,12,13). The Labute approximate surface area is 81.3 Å². The van der Waals surface area contributed by atoms with Crippen molar-refractivity contribution in [2.45, 2.75) is 52.6 Å². The van der Waals surface area contributed by atoms with Gasteiger partial charge in [0.05, 0.1) is 6.54 Å². The number of hydrogen-bond acceptors (Lipinski definition) is 2. The van der Waals surface area contributed by atoms with Crippen molar-refractivity contribution in [2.75, 3.05) is 6.54 Å². The van der Waals surface area contributed by atoms with Gasteiger partial charge in [0.2, 0.25) is 5.91 Å². The molecule has 0 fully saturated rings. The molecule has 0 aromatic heterocycles. The molecule has 0 spiro atoms. The molecule has 3 nitrogen and oxygen atoms in total. The van der Waals surface area contributed by atoms with Gasteiger partial charge in [-0.15, -0.1) is 0 Å². The normalized spacial score (nSPS) is 10.9. The first-order valence-electron chi connectivity index (χ1n) is 5.12.